The molecule has 4 heteroatoms. The van der Waals surface area contributed by atoms with Crippen LogP contribution in [0.15, 0.2) is 71.2 Å². The lowest BCUT2D eigenvalue weighted by atomic mass is 10.1. The average Bonchev–Trinajstić information content (AvgIpc) is 2.72. The Labute approximate surface area is 180 Å². The molecule has 0 aliphatic rings. The predicted molar refractivity (Wildman–Crippen MR) is 121 cm³/mol. The van der Waals surface area contributed by atoms with Gasteiger partial charge in [0.15, 0.2) is 5.78 Å². The first kappa shape index (κ1) is 20.9. The summed E-state index contributed by atoms with van der Waals surface area (Å²) in [5.41, 5.74) is 4.68. The van der Waals surface area contributed by atoms with Gasteiger partial charge >= 0.3 is 0 Å². The topological polar surface area (TPSA) is 35.5 Å². The van der Waals surface area contributed by atoms with Crippen molar-refractivity contribution >= 4 is 27.8 Å². The molecule has 0 unspecified atom stereocenters. The summed E-state index contributed by atoms with van der Waals surface area (Å²) in [6.07, 6.45) is 3.40. The molecule has 0 aliphatic heterocycles. The molecule has 0 aliphatic carbocycles. The van der Waals surface area contributed by atoms with Crippen molar-refractivity contribution in [2.45, 2.75) is 20.5 Å². The number of halogens is 1. The number of aryl methyl sites for hydroxylation is 2. The Kier molecular flexibility index (Phi) is 6.89. The third-order valence-corrected chi connectivity index (χ3v) is 5.17. The van der Waals surface area contributed by atoms with Gasteiger partial charge in [-0.3, -0.25) is 4.79 Å². The summed E-state index contributed by atoms with van der Waals surface area (Å²) in [6, 6.07) is 19.2. The number of ketones is 1. The molecule has 0 fully saturated rings. The first-order valence-electron chi connectivity index (χ1n) is 9.32. The van der Waals surface area contributed by atoms with Crippen LogP contribution in [0.1, 0.15) is 32.6 Å². The number of carbonyl (C=O) groups excluding carboxylic acids is 1. The number of allylic oxidation sites excluding steroid dienone is 1. The summed E-state index contributed by atoms with van der Waals surface area (Å²) in [5.74, 6) is 1.61. The molecule has 0 bridgehead atoms. The zero-order chi connectivity index (χ0) is 20.8. The van der Waals surface area contributed by atoms with E-state index in [4.69, 9.17) is 9.47 Å². The average molecular weight is 451 g/mol. The van der Waals surface area contributed by atoms with E-state index in [-0.39, 0.29) is 5.78 Å². The van der Waals surface area contributed by atoms with Gasteiger partial charge in [0.25, 0.3) is 0 Å². The highest BCUT2D eigenvalue weighted by atomic mass is 79.9. The molecule has 0 N–H and O–H groups in total. The molecule has 0 radical (unpaired) electrons. The summed E-state index contributed by atoms with van der Waals surface area (Å²) in [6.45, 7) is 4.45. The van der Waals surface area contributed by atoms with E-state index in [0.29, 0.717) is 12.2 Å². The van der Waals surface area contributed by atoms with E-state index in [1.807, 2.05) is 68.5 Å². The van der Waals surface area contributed by atoms with Crippen molar-refractivity contribution < 1.29 is 14.3 Å². The molecule has 0 heterocycles. The number of hydrogen-bond donors (Lipinski definition) is 0. The molecular weight excluding hydrogens is 428 g/mol. The predicted octanol–water partition coefficient (Wildman–Crippen LogP) is 6.55. The lowest BCUT2D eigenvalue weighted by Gasteiger charge is -2.14. The molecule has 0 amide bonds. The van der Waals surface area contributed by atoms with Gasteiger partial charge in [0.05, 0.1) is 7.11 Å². The van der Waals surface area contributed by atoms with E-state index in [9.17, 15) is 4.79 Å². The number of rotatable bonds is 7. The summed E-state index contributed by atoms with van der Waals surface area (Å²) in [5, 5.41) is 0. The van der Waals surface area contributed by atoms with Gasteiger partial charge in [-0.25, -0.2) is 0 Å². The summed E-state index contributed by atoms with van der Waals surface area (Å²) < 4.78 is 12.5. The Morgan fingerprint density at radius 1 is 1.00 bits per heavy atom. The summed E-state index contributed by atoms with van der Waals surface area (Å²) in [7, 11) is 1.64. The van der Waals surface area contributed by atoms with Crippen LogP contribution in [0.5, 0.6) is 11.5 Å². The molecular formula is C25H23BrO3. The van der Waals surface area contributed by atoms with Gasteiger partial charge in [0.2, 0.25) is 0 Å². The molecule has 3 nitrogen and oxygen atoms in total. The maximum Gasteiger partial charge on any atom is 0.185 e. The van der Waals surface area contributed by atoms with Crippen LogP contribution in [-0.2, 0) is 6.61 Å². The van der Waals surface area contributed by atoms with E-state index >= 15 is 0 Å². The van der Waals surface area contributed by atoms with Gasteiger partial charge in [-0.2, -0.15) is 0 Å². The maximum absolute atomic E-state index is 12.4. The molecule has 148 valence electrons. The molecule has 0 saturated heterocycles. The van der Waals surface area contributed by atoms with Gasteiger partial charge < -0.3 is 9.47 Å². The molecule has 0 atom stereocenters. The largest absolute Gasteiger partial charge is 0.496 e. The van der Waals surface area contributed by atoms with Crippen molar-refractivity contribution in [1.82, 2.24) is 0 Å². The number of para-hydroxylation sites is 1. The van der Waals surface area contributed by atoms with Crippen LogP contribution < -0.4 is 9.47 Å². The van der Waals surface area contributed by atoms with Crippen molar-refractivity contribution in [3.05, 3.63) is 99.0 Å². The van der Waals surface area contributed by atoms with E-state index < -0.39 is 0 Å². The number of hydrogen-bond acceptors (Lipinski definition) is 3. The quantitative estimate of drug-likeness (QED) is 0.302. The van der Waals surface area contributed by atoms with E-state index in [2.05, 4.69) is 15.9 Å². The smallest absolute Gasteiger partial charge is 0.185 e. The molecule has 0 saturated carbocycles. The number of ether oxygens (including phenoxy) is 2. The Hall–Kier alpha value is -2.85. The number of carbonyl (C=O) groups is 1. The van der Waals surface area contributed by atoms with Gasteiger partial charge in [0, 0.05) is 15.6 Å². The van der Waals surface area contributed by atoms with E-state index in [0.717, 1.165) is 38.2 Å². The molecule has 3 rings (SSSR count). The molecule has 0 spiro atoms. The first-order valence-corrected chi connectivity index (χ1v) is 10.1. The second kappa shape index (κ2) is 9.57. The highest BCUT2D eigenvalue weighted by Gasteiger charge is 2.08. The monoisotopic (exact) mass is 450 g/mol. The Morgan fingerprint density at radius 3 is 2.34 bits per heavy atom. The fourth-order valence-electron chi connectivity index (χ4n) is 3.07. The maximum atomic E-state index is 12.4. The van der Waals surface area contributed by atoms with Crippen molar-refractivity contribution in [2.75, 3.05) is 7.11 Å². The zero-order valence-electron chi connectivity index (χ0n) is 16.7. The Morgan fingerprint density at radius 2 is 1.69 bits per heavy atom. The van der Waals surface area contributed by atoms with Crippen LogP contribution >= 0.6 is 15.9 Å². The van der Waals surface area contributed by atoms with Crippen LogP contribution in [0.4, 0.5) is 0 Å². The van der Waals surface area contributed by atoms with Gasteiger partial charge in [-0.15, -0.1) is 0 Å². The van der Waals surface area contributed by atoms with Crippen molar-refractivity contribution in [3.63, 3.8) is 0 Å². The van der Waals surface area contributed by atoms with Gasteiger partial charge in [0.1, 0.15) is 18.1 Å². The van der Waals surface area contributed by atoms with Crippen LogP contribution in [0, 0.1) is 13.8 Å². The normalized spacial score (nSPS) is 10.9. The zero-order valence-corrected chi connectivity index (χ0v) is 18.3. The Bertz CT molecular complexity index is 1020. The molecule has 3 aromatic rings. The SMILES string of the molecule is COc1ccc(/C=C/C(=O)c2ccc(Br)cc2)cc1COc1c(C)cccc1C. The van der Waals surface area contributed by atoms with Crippen molar-refractivity contribution in [3.8, 4) is 11.5 Å². The standard InChI is InChI=1S/C25H23BrO3/c1-17-5-4-6-18(2)25(17)29-16-21-15-19(8-14-24(21)28-3)7-13-23(27)20-9-11-22(26)12-10-20/h4-15H,16H2,1-3H3/b13-7+. The van der Waals surface area contributed by atoms with Crippen LogP contribution in [0.25, 0.3) is 6.08 Å². The first-order chi connectivity index (χ1) is 14.0. The third-order valence-electron chi connectivity index (χ3n) is 4.64. The highest BCUT2D eigenvalue weighted by molar-refractivity contribution is 9.10. The molecule has 29 heavy (non-hydrogen) atoms. The van der Waals surface area contributed by atoms with Crippen LogP contribution in [0.3, 0.4) is 0 Å². The molecule has 3 aromatic carbocycles. The van der Waals surface area contributed by atoms with Crippen molar-refractivity contribution in [1.29, 1.82) is 0 Å². The van der Waals surface area contributed by atoms with E-state index in [1.165, 1.54) is 0 Å². The van der Waals surface area contributed by atoms with Crippen LogP contribution in [-0.4, -0.2) is 12.9 Å². The summed E-state index contributed by atoms with van der Waals surface area (Å²) >= 11 is 3.38. The second-order valence-electron chi connectivity index (χ2n) is 6.79. The van der Waals surface area contributed by atoms with Crippen molar-refractivity contribution in [2.24, 2.45) is 0 Å². The molecule has 0 aromatic heterocycles. The Balaban J connectivity index is 1.77. The number of benzene rings is 3. The minimum atomic E-state index is -0.0401. The highest BCUT2D eigenvalue weighted by Crippen LogP contribution is 2.27. The minimum absolute atomic E-state index is 0.0401. The second-order valence-corrected chi connectivity index (χ2v) is 7.70. The fourth-order valence-corrected chi connectivity index (χ4v) is 3.34. The number of methoxy groups -OCH3 is 1. The lowest BCUT2D eigenvalue weighted by molar-refractivity contribution is 0.104. The summed E-state index contributed by atoms with van der Waals surface area (Å²) in [4.78, 5) is 12.4. The van der Waals surface area contributed by atoms with Gasteiger partial charge in [-0.05, 0) is 73.0 Å². The van der Waals surface area contributed by atoms with Gasteiger partial charge in [-0.1, -0.05) is 46.3 Å². The third kappa shape index (κ3) is 5.36. The van der Waals surface area contributed by atoms with E-state index in [1.54, 1.807) is 25.3 Å². The lowest BCUT2D eigenvalue weighted by Crippen LogP contribution is -2.01. The van der Waals surface area contributed by atoms with Crippen LogP contribution in [0.2, 0.25) is 0 Å². The fraction of sp³-hybridized carbons (Fsp3) is 0.160. The minimum Gasteiger partial charge on any atom is -0.496 e.